The molecule has 0 aliphatic heterocycles. The molecule has 0 saturated heterocycles. The number of rotatable bonds is 10. The van der Waals surface area contributed by atoms with Crippen molar-refractivity contribution in [2.24, 2.45) is 12.0 Å². The topological polar surface area (TPSA) is 85.6 Å². The second-order valence-corrected chi connectivity index (χ2v) is 4.38. The first-order chi connectivity index (χ1) is 10.3. The molecular formula is C13H26N6O2. The lowest BCUT2D eigenvalue weighted by molar-refractivity contribution is 0.0698. The molecule has 120 valence electrons. The summed E-state index contributed by atoms with van der Waals surface area (Å²) in [7, 11) is 3.52. The lowest BCUT2D eigenvalue weighted by Gasteiger charge is -2.11. The van der Waals surface area contributed by atoms with Crippen molar-refractivity contribution >= 4 is 5.96 Å². The van der Waals surface area contributed by atoms with Crippen LogP contribution in [0.25, 0.3) is 0 Å². The molecule has 0 aromatic carbocycles. The molecule has 0 spiro atoms. The van der Waals surface area contributed by atoms with Gasteiger partial charge in [0, 0.05) is 33.9 Å². The zero-order chi connectivity index (χ0) is 15.3. The summed E-state index contributed by atoms with van der Waals surface area (Å²) in [5, 5.41) is 10.5. The zero-order valence-corrected chi connectivity index (χ0v) is 13.1. The Bertz CT molecular complexity index is 407. The molecule has 1 aromatic rings. The van der Waals surface area contributed by atoms with Crippen molar-refractivity contribution < 1.29 is 9.47 Å². The summed E-state index contributed by atoms with van der Waals surface area (Å²) in [5.74, 6) is 1.60. The predicted molar refractivity (Wildman–Crippen MR) is 81.1 cm³/mol. The van der Waals surface area contributed by atoms with Crippen LogP contribution in [0.4, 0.5) is 0 Å². The number of guanidine groups is 1. The van der Waals surface area contributed by atoms with Crippen molar-refractivity contribution in [1.82, 2.24) is 25.4 Å². The summed E-state index contributed by atoms with van der Waals surface area (Å²) in [6.45, 7) is 6.13. The van der Waals surface area contributed by atoms with E-state index in [1.165, 1.54) is 6.33 Å². The molecule has 0 amide bonds. The quantitative estimate of drug-likeness (QED) is 0.357. The van der Waals surface area contributed by atoms with Crippen LogP contribution < -0.4 is 10.6 Å². The summed E-state index contributed by atoms with van der Waals surface area (Å²) < 4.78 is 12.0. The van der Waals surface area contributed by atoms with Crippen molar-refractivity contribution in [3.05, 3.63) is 12.2 Å². The molecule has 0 saturated carbocycles. The molecule has 2 N–H and O–H groups in total. The fourth-order valence-corrected chi connectivity index (χ4v) is 1.58. The molecule has 8 nitrogen and oxygen atoms in total. The number of ether oxygens (including phenoxy) is 2. The van der Waals surface area contributed by atoms with Gasteiger partial charge in [-0.2, -0.15) is 5.10 Å². The van der Waals surface area contributed by atoms with E-state index >= 15 is 0 Å². The number of aliphatic imine (C=N–C) groups is 1. The smallest absolute Gasteiger partial charge is 0.191 e. The van der Waals surface area contributed by atoms with E-state index < -0.39 is 0 Å². The molecule has 0 fully saturated rings. The van der Waals surface area contributed by atoms with Gasteiger partial charge >= 0.3 is 0 Å². The molecule has 0 radical (unpaired) electrons. The maximum absolute atomic E-state index is 5.40. The second-order valence-electron chi connectivity index (χ2n) is 4.38. The summed E-state index contributed by atoms with van der Waals surface area (Å²) >= 11 is 0. The standard InChI is InChI=1S/C13H26N6O2/c1-4-14-13(15-6-5-7-21-9-8-20-3)16-10-12-17-11-18-19(12)2/h11H,4-10H2,1-3H3,(H2,14,15,16). The van der Waals surface area contributed by atoms with Gasteiger partial charge in [0.2, 0.25) is 0 Å². The van der Waals surface area contributed by atoms with Gasteiger partial charge in [0.1, 0.15) is 18.7 Å². The van der Waals surface area contributed by atoms with Crippen molar-refractivity contribution in [2.75, 3.05) is 40.0 Å². The third kappa shape index (κ3) is 7.62. The molecule has 1 heterocycles. The molecule has 0 aliphatic rings. The number of aryl methyl sites for hydroxylation is 1. The Kier molecular flexibility index (Phi) is 9.14. The molecule has 0 bridgehead atoms. The Morgan fingerprint density at radius 1 is 1.33 bits per heavy atom. The SMILES string of the molecule is CCNC(=NCc1ncnn1C)NCCCOCCOC. The van der Waals surface area contributed by atoms with Gasteiger partial charge in [-0.05, 0) is 13.3 Å². The van der Waals surface area contributed by atoms with Gasteiger partial charge in [-0.25, -0.2) is 9.98 Å². The minimum absolute atomic E-state index is 0.496. The maximum Gasteiger partial charge on any atom is 0.191 e. The normalized spacial score (nSPS) is 11.7. The number of nitrogens with one attached hydrogen (secondary N) is 2. The highest BCUT2D eigenvalue weighted by Crippen LogP contribution is 1.93. The van der Waals surface area contributed by atoms with E-state index in [9.17, 15) is 0 Å². The van der Waals surface area contributed by atoms with Crippen molar-refractivity contribution in [3.63, 3.8) is 0 Å². The van der Waals surface area contributed by atoms with Crippen LogP contribution in [-0.2, 0) is 23.1 Å². The van der Waals surface area contributed by atoms with Crippen molar-refractivity contribution in [2.45, 2.75) is 19.9 Å². The summed E-state index contributed by atoms with van der Waals surface area (Å²) in [6, 6.07) is 0. The van der Waals surface area contributed by atoms with Gasteiger partial charge in [0.15, 0.2) is 5.96 Å². The molecule has 8 heteroatoms. The van der Waals surface area contributed by atoms with E-state index in [0.717, 1.165) is 31.3 Å². The van der Waals surface area contributed by atoms with Crippen LogP contribution in [0, 0.1) is 0 Å². The van der Waals surface area contributed by atoms with E-state index in [0.29, 0.717) is 26.4 Å². The molecule has 0 aliphatic carbocycles. The lowest BCUT2D eigenvalue weighted by atomic mass is 10.4. The van der Waals surface area contributed by atoms with Gasteiger partial charge in [0.05, 0.1) is 13.2 Å². The number of aromatic nitrogens is 3. The third-order valence-electron chi connectivity index (χ3n) is 2.72. The van der Waals surface area contributed by atoms with E-state index in [2.05, 4.69) is 25.7 Å². The predicted octanol–water partition coefficient (Wildman–Crippen LogP) is -0.0767. The first-order valence-corrected chi connectivity index (χ1v) is 7.19. The van der Waals surface area contributed by atoms with Gasteiger partial charge < -0.3 is 20.1 Å². The van der Waals surface area contributed by atoms with E-state index in [1.807, 2.05) is 14.0 Å². The fraction of sp³-hybridized carbons (Fsp3) is 0.769. The van der Waals surface area contributed by atoms with Crippen LogP contribution in [0.15, 0.2) is 11.3 Å². The minimum Gasteiger partial charge on any atom is -0.382 e. The number of nitrogens with zero attached hydrogens (tertiary/aromatic N) is 4. The Morgan fingerprint density at radius 3 is 2.86 bits per heavy atom. The van der Waals surface area contributed by atoms with Crippen LogP contribution in [-0.4, -0.2) is 60.7 Å². The highest BCUT2D eigenvalue weighted by molar-refractivity contribution is 5.79. The average molecular weight is 298 g/mol. The molecule has 1 aromatic heterocycles. The van der Waals surface area contributed by atoms with Gasteiger partial charge in [-0.15, -0.1) is 0 Å². The van der Waals surface area contributed by atoms with Crippen molar-refractivity contribution in [3.8, 4) is 0 Å². The summed E-state index contributed by atoms with van der Waals surface area (Å²) in [6.07, 6.45) is 2.45. The lowest BCUT2D eigenvalue weighted by Crippen LogP contribution is -2.38. The maximum atomic E-state index is 5.40. The highest BCUT2D eigenvalue weighted by Gasteiger charge is 2.01. The van der Waals surface area contributed by atoms with Gasteiger partial charge in [-0.1, -0.05) is 0 Å². The fourth-order valence-electron chi connectivity index (χ4n) is 1.58. The summed E-state index contributed by atoms with van der Waals surface area (Å²) in [4.78, 5) is 8.62. The van der Waals surface area contributed by atoms with Gasteiger partial charge in [-0.3, -0.25) is 4.68 Å². The molecule has 1 rings (SSSR count). The van der Waals surface area contributed by atoms with Crippen molar-refractivity contribution in [1.29, 1.82) is 0 Å². The summed E-state index contributed by atoms with van der Waals surface area (Å²) in [5.41, 5.74) is 0. The second kappa shape index (κ2) is 11.0. The molecule has 21 heavy (non-hydrogen) atoms. The van der Waals surface area contributed by atoms with Crippen LogP contribution in [0.1, 0.15) is 19.2 Å². The molecule has 0 atom stereocenters. The largest absolute Gasteiger partial charge is 0.382 e. The van der Waals surface area contributed by atoms with Crippen LogP contribution in [0.5, 0.6) is 0 Å². The monoisotopic (exact) mass is 298 g/mol. The van der Waals surface area contributed by atoms with Crippen LogP contribution in [0.2, 0.25) is 0 Å². The Balaban J connectivity index is 2.24. The van der Waals surface area contributed by atoms with E-state index in [-0.39, 0.29) is 0 Å². The third-order valence-corrected chi connectivity index (χ3v) is 2.72. The van der Waals surface area contributed by atoms with E-state index in [4.69, 9.17) is 9.47 Å². The number of methoxy groups -OCH3 is 1. The Hall–Kier alpha value is -1.67. The number of hydrogen-bond acceptors (Lipinski definition) is 5. The zero-order valence-electron chi connectivity index (χ0n) is 13.1. The van der Waals surface area contributed by atoms with E-state index in [1.54, 1.807) is 11.8 Å². The first-order valence-electron chi connectivity index (χ1n) is 7.19. The highest BCUT2D eigenvalue weighted by atomic mass is 16.5. The average Bonchev–Trinajstić information content (AvgIpc) is 2.89. The number of hydrogen-bond donors (Lipinski definition) is 2. The minimum atomic E-state index is 0.496. The molecule has 0 unspecified atom stereocenters. The van der Waals surface area contributed by atoms with Gasteiger partial charge in [0.25, 0.3) is 0 Å². The van der Waals surface area contributed by atoms with Crippen LogP contribution >= 0.6 is 0 Å². The Labute approximate surface area is 125 Å². The Morgan fingerprint density at radius 2 is 2.19 bits per heavy atom. The molecular weight excluding hydrogens is 272 g/mol. The first kappa shape index (κ1) is 17.4. The van der Waals surface area contributed by atoms with Crippen LogP contribution in [0.3, 0.4) is 0 Å².